The first kappa shape index (κ1) is 14.7. The highest BCUT2D eigenvalue weighted by atomic mass is 32.2. The monoisotopic (exact) mass is 310 g/mol. The molecule has 2 aliphatic rings. The summed E-state index contributed by atoms with van der Waals surface area (Å²) in [6.45, 7) is 5.97. The molecule has 1 aromatic carbocycles. The first-order valence-electron chi connectivity index (χ1n) is 7.09. The van der Waals surface area contributed by atoms with E-state index in [2.05, 4.69) is 19.2 Å². The van der Waals surface area contributed by atoms with Crippen LogP contribution in [0.25, 0.3) is 0 Å². The highest BCUT2D eigenvalue weighted by Gasteiger charge is 2.31. The summed E-state index contributed by atoms with van der Waals surface area (Å²) >= 11 is 1.90. The molecule has 114 valence electrons. The molecule has 0 radical (unpaired) electrons. The molecule has 1 atom stereocenters. The summed E-state index contributed by atoms with van der Waals surface area (Å²) in [4.78, 5) is 13.5. The number of rotatable bonds is 1. The van der Waals surface area contributed by atoms with E-state index in [1.807, 2.05) is 16.7 Å². The summed E-state index contributed by atoms with van der Waals surface area (Å²) in [6.07, 6.45) is -0.287. The Kier molecular flexibility index (Phi) is 3.61. The van der Waals surface area contributed by atoms with Gasteiger partial charge in [0.15, 0.2) is 6.10 Å². The molecule has 4 nitrogen and oxygen atoms in total. The Hall–Kier alpha value is -1.27. The number of halogens is 1. The van der Waals surface area contributed by atoms with Crippen molar-refractivity contribution < 1.29 is 14.3 Å². The maximum atomic E-state index is 14.4. The van der Waals surface area contributed by atoms with Gasteiger partial charge in [-0.25, -0.2) is 4.39 Å². The molecule has 1 saturated heterocycles. The van der Waals surface area contributed by atoms with Crippen LogP contribution in [-0.2, 0) is 4.79 Å². The van der Waals surface area contributed by atoms with E-state index < -0.39 is 12.0 Å². The van der Waals surface area contributed by atoms with Gasteiger partial charge in [0.2, 0.25) is 0 Å². The van der Waals surface area contributed by atoms with E-state index in [1.165, 1.54) is 6.07 Å². The molecule has 21 heavy (non-hydrogen) atoms. The Labute approximate surface area is 127 Å². The average molecular weight is 310 g/mol. The van der Waals surface area contributed by atoms with Gasteiger partial charge in [-0.1, -0.05) is 13.8 Å². The van der Waals surface area contributed by atoms with Gasteiger partial charge in [0.1, 0.15) is 5.82 Å². The van der Waals surface area contributed by atoms with E-state index in [4.69, 9.17) is 0 Å². The number of benzene rings is 1. The molecular formula is C15H19FN2O2S. The lowest BCUT2D eigenvalue weighted by atomic mass is 10.1. The SMILES string of the molecule is CC1(C)CCN(c2cc3c(cc2F)C(O)C(=O)N3)CCS1. The molecule has 1 amide bonds. The minimum Gasteiger partial charge on any atom is -0.378 e. The lowest BCUT2D eigenvalue weighted by Gasteiger charge is -2.25. The topological polar surface area (TPSA) is 52.6 Å². The number of hydrogen-bond acceptors (Lipinski definition) is 4. The Bertz CT molecular complexity index is 591. The first-order valence-corrected chi connectivity index (χ1v) is 8.07. The van der Waals surface area contributed by atoms with Crippen molar-refractivity contribution in [3.63, 3.8) is 0 Å². The van der Waals surface area contributed by atoms with Crippen LogP contribution in [0.4, 0.5) is 15.8 Å². The fraction of sp³-hybridized carbons (Fsp3) is 0.533. The number of nitrogens with zero attached hydrogens (tertiary/aromatic N) is 1. The molecule has 2 heterocycles. The Morgan fingerprint density at radius 1 is 1.43 bits per heavy atom. The highest BCUT2D eigenvalue weighted by Crippen LogP contribution is 2.38. The molecule has 0 bridgehead atoms. The molecule has 1 fully saturated rings. The zero-order valence-electron chi connectivity index (χ0n) is 12.1. The third-order valence-electron chi connectivity index (χ3n) is 4.10. The van der Waals surface area contributed by atoms with Gasteiger partial charge in [0, 0.05) is 34.8 Å². The van der Waals surface area contributed by atoms with E-state index in [0.717, 1.165) is 25.3 Å². The van der Waals surface area contributed by atoms with Crippen molar-refractivity contribution in [2.75, 3.05) is 29.1 Å². The minimum absolute atomic E-state index is 0.201. The molecule has 2 N–H and O–H groups in total. The highest BCUT2D eigenvalue weighted by molar-refractivity contribution is 8.00. The number of carbonyl (C=O) groups excluding carboxylic acids is 1. The van der Waals surface area contributed by atoms with Crippen molar-refractivity contribution in [3.05, 3.63) is 23.5 Å². The van der Waals surface area contributed by atoms with Gasteiger partial charge in [-0.3, -0.25) is 4.79 Å². The van der Waals surface area contributed by atoms with Gasteiger partial charge in [-0.15, -0.1) is 0 Å². The van der Waals surface area contributed by atoms with Crippen LogP contribution in [0, 0.1) is 5.82 Å². The standard InChI is InChI=1S/C15H19FN2O2S/c1-15(2)3-4-18(5-6-21-15)12-8-11-9(7-10(12)16)13(19)14(20)17-11/h7-8,13,19H,3-6H2,1-2H3,(H,17,20). The number of carbonyl (C=O) groups is 1. The van der Waals surface area contributed by atoms with Crippen molar-refractivity contribution in [2.24, 2.45) is 0 Å². The molecule has 3 rings (SSSR count). The summed E-state index contributed by atoms with van der Waals surface area (Å²) in [5.41, 5.74) is 1.34. The third-order valence-corrected chi connectivity index (χ3v) is 5.47. The van der Waals surface area contributed by atoms with E-state index in [-0.39, 0.29) is 10.6 Å². The summed E-state index contributed by atoms with van der Waals surface area (Å²) in [7, 11) is 0. The zero-order valence-corrected chi connectivity index (χ0v) is 13.0. The Balaban J connectivity index is 1.90. The summed E-state index contributed by atoms with van der Waals surface area (Å²) < 4.78 is 14.6. The summed E-state index contributed by atoms with van der Waals surface area (Å²) in [6, 6.07) is 2.91. The molecule has 0 aromatic heterocycles. The van der Waals surface area contributed by atoms with Crippen molar-refractivity contribution in [3.8, 4) is 0 Å². The Morgan fingerprint density at radius 3 is 2.95 bits per heavy atom. The minimum atomic E-state index is -1.26. The number of amides is 1. The van der Waals surface area contributed by atoms with E-state index >= 15 is 0 Å². The average Bonchev–Trinajstić information content (AvgIpc) is 2.59. The number of aliphatic hydroxyl groups is 1. The molecule has 1 aromatic rings. The lowest BCUT2D eigenvalue weighted by molar-refractivity contribution is -0.123. The largest absolute Gasteiger partial charge is 0.378 e. The van der Waals surface area contributed by atoms with Gasteiger partial charge < -0.3 is 15.3 Å². The van der Waals surface area contributed by atoms with Crippen LogP contribution < -0.4 is 10.2 Å². The normalized spacial score (nSPS) is 24.5. The van der Waals surface area contributed by atoms with Crippen molar-refractivity contribution in [1.29, 1.82) is 0 Å². The van der Waals surface area contributed by atoms with Gasteiger partial charge in [0.25, 0.3) is 5.91 Å². The molecule has 2 aliphatic heterocycles. The second kappa shape index (κ2) is 5.18. The molecule has 0 aliphatic carbocycles. The van der Waals surface area contributed by atoms with Crippen LogP contribution in [0.5, 0.6) is 0 Å². The van der Waals surface area contributed by atoms with E-state index in [0.29, 0.717) is 16.9 Å². The molecule has 0 saturated carbocycles. The van der Waals surface area contributed by atoms with Crippen molar-refractivity contribution >= 4 is 29.0 Å². The van der Waals surface area contributed by atoms with Crippen LogP contribution in [-0.4, -0.2) is 34.6 Å². The van der Waals surface area contributed by atoms with Gasteiger partial charge in [0.05, 0.1) is 5.69 Å². The smallest absolute Gasteiger partial charge is 0.257 e. The predicted octanol–water partition coefficient (Wildman–Crippen LogP) is 2.53. The van der Waals surface area contributed by atoms with Crippen molar-refractivity contribution in [2.45, 2.75) is 31.1 Å². The quantitative estimate of drug-likeness (QED) is 0.837. The van der Waals surface area contributed by atoms with Crippen LogP contribution in [0.3, 0.4) is 0 Å². The zero-order chi connectivity index (χ0) is 15.2. The van der Waals surface area contributed by atoms with Crippen LogP contribution in [0.1, 0.15) is 31.9 Å². The lowest BCUT2D eigenvalue weighted by Crippen LogP contribution is -2.27. The number of anilines is 2. The first-order chi connectivity index (χ1) is 9.87. The molecule has 6 heteroatoms. The fourth-order valence-electron chi connectivity index (χ4n) is 2.76. The maximum absolute atomic E-state index is 14.4. The number of hydrogen-bond donors (Lipinski definition) is 2. The van der Waals surface area contributed by atoms with Gasteiger partial charge >= 0.3 is 0 Å². The maximum Gasteiger partial charge on any atom is 0.257 e. The molecule has 0 spiro atoms. The number of fused-ring (bicyclic) bond motifs is 1. The van der Waals surface area contributed by atoms with Crippen LogP contribution in [0.15, 0.2) is 12.1 Å². The van der Waals surface area contributed by atoms with E-state index in [9.17, 15) is 14.3 Å². The molecule has 1 unspecified atom stereocenters. The third kappa shape index (κ3) is 2.74. The second-order valence-electron chi connectivity index (χ2n) is 6.13. The Morgan fingerprint density at radius 2 is 2.19 bits per heavy atom. The second-order valence-corrected chi connectivity index (χ2v) is 7.93. The van der Waals surface area contributed by atoms with Gasteiger partial charge in [-0.05, 0) is 18.6 Å². The van der Waals surface area contributed by atoms with E-state index in [1.54, 1.807) is 6.07 Å². The van der Waals surface area contributed by atoms with Crippen LogP contribution in [0.2, 0.25) is 0 Å². The van der Waals surface area contributed by atoms with Crippen LogP contribution >= 0.6 is 11.8 Å². The van der Waals surface area contributed by atoms with Crippen molar-refractivity contribution in [1.82, 2.24) is 0 Å². The fourth-order valence-corrected chi connectivity index (χ4v) is 3.86. The number of aliphatic hydroxyl groups excluding tert-OH is 1. The number of thioether (sulfide) groups is 1. The predicted molar refractivity (Wildman–Crippen MR) is 83.4 cm³/mol. The summed E-state index contributed by atoms with van der Waals surface area (Å²) in [5, 5.41) is 12.3. The molecular weight excluding hydrogens is 291 g/mol. The number of nitrogens with one attached hydrogen (secondary N) is 1. The van der Waals surface area contributed by atoms with Gasteiger partial charge in [-0.2, -0.15) is 11.8 Å². The summed E-state index contributed by atoms with van der Waals surface area (Å²) in [5.74, 6) is 0.0708.